The molecular weight excluding hydrogens is 380 g/mol. The number of urea groups is 1. The molecule has 0 unspecified atom stereocenters. The summed E-state index contributed by atoms with van der Waals surface area (Å²) in [5.74, 6) is -0.625. The third-order valence-electron chi connectivity index (χ3n) is 4.82. The van der Waals surface area contributed by atoms with Gasteiger partial charge in [0.2, 0.25) is 0 Å². The fourth-order valence-corrected chi connectivity index (χ4v) is 3.12. The number of carbonyl (C=O) groups excluding carboxylic acids is 3. The van der Waals surface area contributed by atoms with Crippen molar-refractivity contribution in [2.45, 2.75) is 38.5 Å². The zero-order valence-corrected chi connectivity index (χ0v) is 17.5. The first-order valence-corrected chi connectivity index (χ1v) is 10.4. The minimum absolute atomic E-state index is 0.221. The van der Waals surface area contributed by atoms with E-state index in [1.807, 2.05) is 24.3 Å². The maximum absolute atomic E-state index is 12.7. The molecule has 0 aliphatic rings. The summed E-state index contributed by atoms with van der Waals surface area (Å²) in [5.41, 5.74) is 1.67. The van der Waals surface area contributed by atoms with Crippen LogP contribution in [0.1, 0.15) is 48.0 Å². The number of esters is 1. The van der Waals surface area contributed by atoms with E-state index in [0.29, 0.717) is 25.1 Å². The number of aryl methyl sites for hydroxylation is 1. The van der Waals surface area contributed by atoms with Crippen molar-refractivity contribution in [3.05, 3.63) is 71.8 Å². The van der Waals surface area contributed by atoms with Gasteiger partial charge >= 0.3 is 12.0 Å². The van der Waals surface area contributed by atoms with E-state index in [9.17, 15) is 14.4 Å². The Labute approximate surface area is 178 Å². The summed E-state index contributed by atoms with van der Waals surface area (Å²) in [6, 6.07) is 18.4. The molecule has 2 aromatic rings. The van der Waals surface area contributed by atoms with E-state index < -0.39 is 5.91 Å². The third kappa shape index (κ3) is 8.47. The maximum atomic E-state index is 12.7. The zero-order chi connectivity index (χ0) is 21.6. The molecule has 0 radical (unpaired) electrons. The van der Waals surface area contributed by atoms with Crippen molar-refractivity contribution in [3.8, 4) is 0 Å². The lowest BCUT2D eigenvalue weighted by Gasteiger charge is -2.23. The number of hydrogen-bond acceptors (Lipinski definition) is 4. The van der Waals surface area contributed by atoms with Crippen LogP contribution in [0.2, 0.25) is 0 Å². The van der Waals surface area contributed by atoms with Crippen molar-refractivity contribution in [2.75, 3.05) is 20.2 Å². The van der Waals surface area contributed by atoms with Crippen LogP contribution in [0.15, 0.2) is 60.7 Å². The summed E-state index contributed by atoms with van der Waals surface area (Å²) in [7, 11) is 1.38. The number of amides is 3. The van der Waals surface area contributed by atoms with E-state index in [-0.39, 0.29) is 12.0 Å². The average molecular weight is 411 g/mol. The number of nitrogens with one attached hydrogen (secondary N) is 1. The molecule has 30 heavy (non-hydrogen) atoms. The molecule has 0 aliphatic heterocycles. The molecule has 0 aromatic heterocycles. The Morgan fingerprint density at radius 3 is 2.13 bits per heavy atom. The van der Waals surface area contributed by atoms with Gasteiger partial charge in [-0.15, -0.1) is 0 Å². The lowest BCUT2D eigenvalue weighted by atomic mass is 10.1. The number of unbranched alkanes of at least 4 members (excludes halogenated alkanes) is 2. The van der Waals surface area contributed by atoms with Crippen molar-refractivity contribution in [3.63, 3.8) is 0 Å². The van der Waals surface area contributed by atoms with Crippen LogP contribution in [0.3, 0.4) is 0 Å². The Hall–Kier alpha value is -3.15. The van der Waals surface area contributed by atoms with E-state index >= 15 is 0 Å². The number of benzene rings is 2. The molecule has 3 amide bonds. The van der Waals surface area contributed by atoms with Crippen LogP contribution in [-0.4, -0.2) is 43.0 Å². The molecule has 0 fully saturated rings. The van der Waals surface area contributed by atoms with Gasteiger partial charge in [-0.1, -0.05) is 55.0 Å². The van der Waals surface area contributed by atoms with Gasteiger partial charge in [-0.05, 0) is 43.4 Å². The highest BCUT2D eigenvalue weighted by Gasteiger charge is 2.17. The molecule has 0 atom stereocenters. The van der Waals surface area contributed by atoms with E-state index in [1.54, 1.807) is 29.2 Å². The van der Waals surface area contributed by atoms with Gasteiger partial charge in [0.25, 0.3) is 5.91 Å². The molecule has 0 bridgehead atoms. The first kappa shape index (κ1) is 23.1. The Morgan fingerprint density at radius 1 is 0.833 bits per heavy atom. The van der Waals surface area contributed by atoms with Gasteiger partial charge in [0.05, 0.1) is 7.11 Å². The predicted octanol–water partition coefficient (Wildman–Crippen LogP) is 4.20. The Kier molecular flexibility index (Phi) is 10.1. The van der Waals surface area contributed by atoms with E-state index in [1.165, 1.54) is 12.7 Å². The average Bonchev–Trinajstić information content (AvgIpc) is 2.78. The minimum atomic E-state index is -0.403. The van der Waals surface area contributed by atoms with Crippen LogP contribution < -0.4 is 5.32 Å². The Balaban J connectivity index is 1.87. The second-order valence-electron chi connectivity index (χ2n) is 7.09. The standard InChI is InChI=1S/C24H30N2O4/c1-30-22(27)17-9-4-10-18-26(19-11-14-20-12-5-2-6-13-20)24(29)25-23(28)21-15-7-3-8-16-21/h2-3,5-8,12-13,15-16H,4,9-11,14,17-19H2,1H3,(H,25,28,29). The molecule has 2 rings (SSSR count). The highest BCUT2D eigenvalue weighted by Crippen LogP contribution is 2.08. The van der Waals surface area contributed by atoms with Gasteiger partial charge < -0.3 is 9.64 Å². The third-order valence-corrected chi connectivity index (χ3v) is 4.82. The predicted molar refractivity (Wildman–Crippen MR) is 116 cm³/mol. The highest BCUT2D eigenvalue weighted by molar-refractivity contribution is 6.04. The maximum Gasteiger partial charge on any atom is 0.324 e. The topological polar surface area (TPSA) is 75.7 Å². The minimum Gasteiger partial charge on any atom is -0.469 e. The summed E-state index contributed by atoms with van der Waals surface area (Å²) in [6.07, 6.45) is 4.33. The van der Waals surface area contributed by atoms with E-state index in [4.69, 9.17) is 0 Å². The second-order valence-corrected chi connectivity index (χ2v) is 7.09. The molecule has 6 nitrogen and oxygen atoms in total. The highest BCUT2D eigenvalue weighted by atomic mass is 16.5. The number of nitrogens with zero attached hydrogens (tertiary/aromatic N) is 1. The second kappa shape index (κ2) is 13.1. The molecule has 1 N–H and O–H groups in total. The van der Waals surface area contributed by atoms with E-state index in [2.05, 4.69) is 22.2 Å². The van der Waals surface area contributed by atoms with Gasteiger partial charge in [0, 0.05) is 25.1 Å². The van der Waals surface area contributed by atoms with Crippen LogP contribution in [0.4, 0.5) is 4.79 Å². The van der Waals surface area contributed by atoms with Crippen LogP contribution >= 0.6 is 0 Å². The summed E-state index contributed by atoms with van der Waals surface area (Å²) >= 11 is 0. The summed E-state index contributed by atoms with van der Waals surface area (Å²) < 4.78 is 4.65. The molecule has 2 aromatic carbocycles. The van der Waals surface area contributed by atoms with Crippen molar-refractivity contribution >= 4 is 17.9 Å². The Morgan fingerprint density at radius 2 is 1.47 bits per heavy atom. The van der Waals surface area contributed by atoms with E-state index in [0.717, 1.165) is 32.1 Å². The van der Waals surface area contributed by atoms with Gasteiger partial charge in [-0.2, -0.15) is 0 Å². The van der Waals surface area contributed by atoms with Crippen LogP contribution in [-0.2, 0) is 16.0 Å². The van der Waals surface area contributed by atoms with Gasteiger partial charge in [-0.25, -0.2) is 4.79 Å². The normalized spacial score (nSPS) is 10.3. The van der Waals surface area contributed by atoms with Gasteiger partial charge in [0.15, 0.2) is 0 Å². The number of hydrogen-bond donors (Lipinski definition) is 1. The lowest BCUT2D eigenvalue weighted by Crippen LogP contribution is -2.43. The van der Waals surface area contributed by atoms with Gasteiger partial charge in [-0.3, -0.25) is 14.9 Å². The van der Waals surface area contributed by atoms with Crippen molar-refractivity contribution in [2.24, 2.45) is 0 Å². The summed E-state index contributed by atoms with van der Waals surface area (Å²) in [4.78, 5) is 37.9. The van der Waals surface area contributed by atoms with Crippen molar-refractivity contribution in [1.82, 2.24) is 10.2 Å². The first-order valence-electron chi connectivity index (χ1n) is 10.4. The fourth-order valence-electron chi connectivity index (χ4n) is 3.12. The lowest BCUT2D eigenvalue weighted by molar-refractivity contribution is -0.140. The molecular formula is C24H30N2O4. The molecule has 0 spiro atoms. The fraction of sp³-hybridized carbons (Fsp3) is 0.375. The molecule has 0 saturated carbocycles. The largest absolute Gasteiger partial charge is 0.469 e. The summed E-state index contributed by atoms with van der Waals surface area (Å²) in [6.45, 7) is 1.09. The summed E-state index contributed by atoms with van der Waals surface area (Å²) in [5, 5.41) is 2.49. The first-order chi connectivity index (χ1) is 14.6. The molecule has 0 heterocycles. The molecule has 6 heteroatoms. The number of ether oxygens (including phenoxy) is 1. The number of imide groups is 1. The van der Waals surface area contributed by atoms with Crippen LogP contribution in [0, 0.1) is 0 Å². The molecule has 0 aliphatic carbocycles. The monoisotopic (exact) mass is 410 g/mol. The van der Waals surface area contributed by atoms with Crippen molar-refractivity contribution < 1.29 is 19.1 Å². The smallest absolute Gasteiger partial charge is 0.324 e. The SMILES string of the molecule is COC(=O)CCCCCN(CCCc1ccccc1)C(=O)NC(=O)c1ccccc1. The number of methoxy groups -OCH3 is 1. The van der Waals surface area contributed by atoms with Gasteiger partial charge in [0.1, 0.15) is 0 Å². The van der Waals surface area contributed by atoms with Crippen LogP contribution in [0.5, 0.6) is 0 Å². The molecule has 160 valence electrons. The molecule has 0 saturated heterocycles. The van der Waals surface area contributed by atoms with Crippen LogP contribution in [0.25, 0.3) is 0 Å². The number of rotatable bonds is 11. The number of carbonyl (C=O) groups is 3. The Bertz CT molecular complexity index is 793. The zero-order valence-electron chi connectivity index (χ0n) is 17.5. The van der Waals surface area contributed by atoms with Crippen molar-refractivity contribution in [1.29, 1.82) is 0 Å². The quantitative estimate of drug-likeness (QED) is 0.445.